The number of rotatable bonds is 1. The number of aryl methyl sites for hydroxylation is 1. The van der Waals surface area contributed by atoms with Crippen molar-refractivity contribution < 1.29 is 4.79 Å². The number of hydrogen-bond acceptors (Lipinski definition) is 3. The predicted octanol–water partition coefficient (Wildman–Crippen LogP) is 1.98. The van der Waals surface area contributed by atoms with Crippen LogP contribution in [0.25, 0.3) is 10.9 Å². The van der Waals surface area contributed by atoms with Crippen LogP contribution in [-0.2, 0) is 0 Å². The first-order valence-electron chi connectivity index (χ1n) is 7.12. The van der Waals surface area contributed by atoms with Gasteiger partial charge in [0.15, 0.2) is 0 Å². The molecule has 1 aliphatic heterocycles. The molecule has 1 aromatic carbocycles. The molecular weight excluding hydrogens is 250 g/mol. The summed E-state index contributed by atoms with van der Waals surface area (Å²) in [5.74, 6) is 0.0948. The van der Waals surface area contributed by atoms with Crippen LogP contribution in [0.1, 0.15) is 22.5 Å². The lowest BCUT2D eigenvalue weighted by molar-refractivity contribution is 0.0768. The van der Waals surface area contributed by atoms with Gasteiger partial charge in [-0.1, -0.05) is 18.2 Å². The van der Waals surface area contributed by atoms with Crippen molar-refractivity contribution in [2.24, 2.45) is 0 Å². The number of benzene rings is 1. The summed E-state index contributed by atoms with van der Waals surface area (Å²) in [6, 6.07) is 9.82. The quantitative estimate of drug-likeness (QED) is 0.861. The van der Waals surface area contributed by atoms with Crippen molar-refractivity contribution >= 4 is 16.8 Å². The fraction of sp³-hybridized carbons (Fsp3) is 0.375. The Morgan fingerprint density at radius 2 is 2.10 bits per heavy atom. The van der Waals surface area contributed by atoms with Crippen LogP contribution >= 0.6 is 0 Å². The first-order chi connectivity index (χ1) is 9.75. The average Bonchev–Trinajstić information content (AvgIpc) is 2.75. The molecule has 2 heterocycles. The number of para-hydroxylation sites is 1. The molecule has 1 saturated heterocycles. The highest BCUT2D eigenvalue weighted by Gasteiger charge is 2.19. The van der Waals surface area contributed by atoms with Crippen LogP contribution in [0.2, 0.25) is 0 Å². The topological polar surface area (TPSA) is 45.2 Å². The lowest BCUT2D eigenvalue weighted by Crippen LogP contribution is -2.34. The van der Waals surface area contributed by atoms with Gasteiger partial charge in [-0.25, -0.2) is 0 Å². The van der Waals surface area contributed by atoms with E-state index in [1.807, 2.05) is 42.2 Å². The van der Waals surface area contributed by atoms with Gasteiger partial charge in [-0.2, -0.15) is 0 Å². The zero-order valence-electron chi connectivity index (χ0n) is 11.7. The largest absolute Gasteiger partial charge is 0.337 e. The molecule has 1 aliphatic rings. The van der Waals surface area contributed by atoms with Crippen LogP contribution in [-0.4, -0.2) is 42.0 Å². The predicted molar refractivity (Wildman–Crippen MR) is 79.9 cm³/mol. The molecular formula is C16H19N3O. The molecule has 0 radical (unpaired) electrons. The number of pyridine rings is 1. The van der Waals surface area contributed by atoms with Gasteiger partial charge >= 0.3 is 0 Å². The van der Waals surface area contributed by atoms with E-state index in [2.05, 4.69) is 10.3 Å². The lowest BCUT2D eigenvalue weighted by Gasteiger charge is -2.20. The molecule has 0 spiro atoms. The van der Waals surface area contributed by atoms with Gasteiger partial charge in [-0.15, -0.1) is 0 Å². The van der Waals surface area contributed by atoms with Gasteiger partial charge in [0.1, 0.15) is 0 Å². The van der Waals surface area contributed by atoms with E-state index in [4.69, 9.17) is 0 Å². The van der Waals surface area contributed by atoms with E-state index in [0.29, 0.717) is 5.56 Å². The monoisotopic (exact) mass is 269 g/mol. The summed E-state index contributed by atoms with van der Waals surface area (Å²) in [5, 5.41) is 4.34. The van der Waals surface area contributed by atoms with E-state index in [0.717, 1.165) is 49.2 Å². The summed E-state index contributed by atoms with van der Waals surface area (Å²) in [6.07, 6.45) is 1.00. The first-order valence-corrected chi connectivity index (χ1v) is 7.12. The Balaban J connectivity index is 2.00. The van der Waals surface area contributed by atoms with Crippen molar-refractivity contribution in [3.63, 3.8) is 0 Å². The van der Waals surface area contributed by atoms with Crippen LogP contribution in [0, 0.1) is 6.92 Å². The third kappa shape index (κ3) is 2.51. The number of fused-ring (bicyclic) bond motifs is 1. The van der Waals surface area contributed by atoms with E-state index in [1.165, 1.54) is 0 Å². The smallest absolute Gasteiger partial charge is 0.256 e. The second kappa shape index (κ2) is 5.59. The van der Waals surface area contributed by atoms with Gasteiger partial charge in [-0.05, 0) is 32.0 Å². The summed E-state index contributed by atoms with van der Waals surface area (Å²) in [4.78, 5) is 19.2. The Labute approximate surface area is 118 Å². The lowest BCUT2D eigenvalue weighted by atomic mass is 10.1. The first kappa shape index (κ1) is 13.1. The average molecular weight is 269 g/mol. The number of aromatic nitrogens is 1. The Bertz CT molecular complexity index is 631. The van der Waals surface area contributed by atoms with E-state index in [1.54, 1.807) is 0 Å². The molecule has 20 heavy (non-hydrogen) atoms. The van der Waals surface area contributed by atoms with E-state index >= 15 is 0 Å². The van der Waals surface area contributed by atoms with Crippen molar-refractivity contribution in [1.29, 1.82) is 0 Å². The van der Waals surface area contributed by atoms with Gasteiger partial charge in [0.05, 0.1) is 11.1 Å². The SMILES string of the molecule is Cc1ccc2cccc(C(=O)N3CCCNCC3)c2n1. The number of nitrogens with one attached hydrogen (secondary N) is 1. The Morgan fingerprint density at radius 1 is 1.20 bits per heavy atom. The minimum Gasteiger partial charge on any atom is -0.337 e. The standard InChI is InChI=1S/C16H19N3O/c1-12-6-7-13-4-2-5-14(15(13)18-12)16(20)19-10-3-8-17-9-11-19/h2,4-7,17H,3,8-11H2,1H3. The van der Waals surface area contributed by atoms with Crippen LogP contribution < -0.4 is 5.32 Å². The normalized spacial score (nSPS) is 16.1. The fourth-order valence-electron chi connectivity index (χ4n) is 2.64. The minimum atomic E-state index is 0.0948. The van der Waals surface area contributed by atoms with Crippen molar-refractivity contribution in [3.05, 3.63) is 41.6 Å². The van der Waals surface area contributed by atoms with Crippen molar-refractivity contribution in [2.45, 2.75) is 13.3 Å². The maximum atomic E-state index is 12.7. The molecule has 0 bridgehead atoms. The van der Waals surface area contributed by atoms with Crippen LogP contribution in [0.5, 0.6) is 0 Å². The van der Waals surface area contributed by atoms with Crippen LogP contribution in [0.15, 0.2) is 30.3 Å². The highest BCUT2D eigenvalue weighted by Crippen LogP contribution is 2.19. The Morgan fingerprint density at radius 3 is 3.00 bits per heavy atom. The maximum Gasteiger partial charge on any atom is 0.256 e. The summed E-state index contributed by atoms with van der Waals surface area (Å²) in [7, 11) is 0. The molecule has 2 aromatic rings. The number of carbonyl (C=O) groups excluding carboxylic acids is 1. The van der Waals surface area contributed by atoms with Gasteiger partial charge in [0, 0.05) is 30.7 Å². The Hall–Kier alpha value is -1.94. The Kier molecular flexibility index (Phi) is 3.65. The third-order valence-corrected chi connectivity index (χ3v) is 3.72. The highest BCUT2D eigenvalue weighted by molar-refractivity contribution is 6.05. The van der Waals surface area contributed by atoms with E-state index in [-0.39, 0.29) is 5.91 Å². The number of hydrogen-bond donors (Lipinski definition) is 1. The molecule has 0 unspecified atom stereocenters. The number of nitrogens with zero attached hydrogens (tertiary/aromatic N) is 2. The van der Waals surface area contributed by atoms with Crippen molar-refractivity contribution in [1.82, 2.24) is 15.2 Å². The van der Waals surface area contributed by atoms with E-state index in [9.17, 15) is 4.79 Å². The molecule has 1 amide bonds. The molecule has 1 N–H and O–H groups in total. The minimum absolute atomic E-state index is 0.0948. The van der Waals surface area contributed by atoms with Gasteiger partial charge in [0.25, 0.3) is 5.91 Å². The van der Waals surface area contributed by atoms with Crippen molar-refractivity contribution in [2.75, 3.05) is 26.2 Å². The van der Waals surface area contributed by atoms with Crippen LogP contribution in [0.3, 0.4) is 0 Å². The summed E-state index contributed by atoms with van der Waals surface area (Å²) in [5.41, 5.74) is 2.47. The fourth-order valence-corrected chi connectivity index (χ4v) is 2.64. The van der Waals surface area contributed by atoms with Gasteiger partial charge < -0.3 is 10.2 Å². The van der Waals surface area contributed by atoms with Crippen LogP contribution in [0.4, 0.5) is 0 Å². The molecule has 1 fully saturated rings. The summed E-state index contributed by atoms with van der Waals surface area (Å²) < 4.78 is 0. The summed E-state index contributed by atoms with van der Waals surface area (Å²) in [6.45, 7) is 5.38. The molecule has 104 valence electrons. The number of carbonyl (C=O) groups is 1. The van der Waals surface area contributed by atoms with E-state index < -0.39 is 0 Å². The highest BCUT2D eigenvalue weighted by atomic mass is 16.2. The summed E-state index contributed by atoms with van der Waals surface area (Å²) >= 11 is 0. The van der Waals surface area contributed by atoms with Gasteiger partial charge in [0.2, 0.25) is 0 Å². The molecule has 0 atom stereocenters. The zero-order valence-corrected chi connectivity index (χ0v) is 11.7. The zero-order chi connectivity index (χ0) is 13.9. The van der Waals surface area contributed by atoms with Crippen molar-refractivity contribution in [3.8, 4) is 0 Å². The molecule has 0 saturated carbocycles. The third-order valence-electron chi connectivity index (χ3n) is 3.72. The maximum absolute atomic E-state index is 12.7. The second-order valence-corrected chi connectivity index (χ2v) is 5.23. The molecule has 1 aromatic heterocycles. The molecule has 4 nitrogen and oxygen atoms in total. The number of amides is 1. The molecule has 3 rings (SSSR count). The second-order valence-electron chi connectivity index (χ2n) is 5.23. The molecule has 0 aliphatic carbocycles. The molecule has 4 heteroatoms. The van der Waals surface area contributed by atoms with Gasteiger partial charge in [-0.3, -0.25) is 9.78 Å².